The Hall–Kier alpha value is -2.37. The summed E-state index contributed by atoms with van der Waals surface area (Å²) < 4.78 is 8.71. The van der Waals surface area contributed by atoms with Gasteiger partial charge in [0.1, 0.15) is 0 Å². The Morgan fingerprint density at radius 2 is 1.70 bits per heavy atom. The van der Waals surface area contributed by atoms with Crippen molar-refractivity contribution in [2.24, 2.45) is 5.92 Å². The summed E-state index contributed by atoms with van der Waals surface area (Å²) in [7, 11) is 1.33. The summed E-state index contributed by atoms with van der Waals surface area (Å²) in [5.41, 5.74) is 0.783. The highest BCUT2D eigenvalue weighted by atomic mass is 16.5. The molecule has 0 aromatic rings. The first kappa shape index (κ1) is 29.4. The maximum absolute atomic E-state index is 10.5. The molecule has 0 fully saturated rings. The quantitative estimate of drug-likeness (QED) is 0.433. The summed E-state index contributed by atoms with van der Waals surface area (Å²) in [6, 6.07) is 0. The third kappa shape index (κ3) is 21.6. The number of carboxylic acids is 1. The van der Waals surface area contributed by atoms with Crippen LogP contribution in [-0.4, -0.2) is 36.7 Å². The Kier molecular flexibility index (Phi) is 21.7. The zero-order valence-electron chi connectivity index (χ0n) is 17.5. The van der Waals surface area contributed by atoms with Crippen molar-refractivity contribution >= 4 is 17.9 Å². The number of hydrogen-bond acceptors (Lipinski definition) is 5. The molecule has 0 aromatic carbocycles. The van der Waals surface area contributed by atoms with Crippen LogP contribution in [0, 0.1) is 5.92 Å². The van der Waals surface area contributed by atoms with E-state index in [2.05, 4.69) is 43.1 Å². The SMILES string of the molecule is C=C(C)C(=O)OC.C=C(CC(CC)CCCC)C(=O)O.C=CC(=O)OCC. The lowest BCUT2D eigenvalue weighted by Crippen LogP contribution is -2.06. The molecule has 6 nitrogen and oxygen atoms in total. The molecule has 0 amide bonds. The topological polar surface area (TPSA) is 89.9 Å². The van der Waals surface area contributed by atoms with Gasteiger partial charge in [-0.1, -0.05) is 59.3 Å². The minimum atomic E-state index is -0.852. The summed E-state index contributed by atoms with van der Waals surface area (Å²) in [4.78, 5) is 30.8. The van der Waals surface area contributed by atoms with Crippen LogP contribution in [0.3, 0.4) is 0 Å². The maximum atomic E-state index is 10.5. The van der Waals surface area contributed by atoms with E-state index in [1.807, 2.05) is 0 Å². The van der Waals surface area contributed by atoms with E-state index in [0.29, 0.717) is 30.1 Å². The third-order valence-corrected chi connectivity index (χ3v) is 3.37. The molecule has 1 unspecified atom stereocenters. The van der Waals surface area contributed by atoms with Crippen LogP contribution in [0.25, 0.3) is 0 Å². The molecule has 0 aliphatic rings. The molecule has 0 heterocycles. The zero-order chi connectivity index (χ0) is 21.8. The van der Waals surface area contributed by atoms with Gasteiger partial charge in [0, 0.05) is 17.2 Å². The fourth-order valence-electron chi connectivity index (χ4n) is 1.75. The molecule has 6 heteroatoms. The van der Waals surface area contributed by atoms with Gasteiger partial charge >= 0.3 is 17.9 Å². The molecule has 27 heavy (non-hydrogen) atoms. The van der Waals surface area contributed by atoms with Crippen LogP contribution in [0.15, 0.2) is 37.0 Å². The number of carbonyl (C=O) groups is 3. The van der Waals surface area contributed by atoms with E-state index in [1.165, 1.54) is 20.0 Å². The number of aliphatic carboxylic acids is 1. The summed E-state index contributed by atoms with van der Waals surface area (Å²) in [6.07, 6.45) is 6.32. The molecule has 0 saturated heterocycles. The molecule has 0 aromatic heterocycles. The maximum Gasteiger partial charge on any atom is 0.332 e. The summed E-state index contributed by atoms with van der Waals surface area (Å²) in [5.74, 6) is -1.05. The van der Waals surface area contributed by atoms with Crippen molar-refractivity contribution in [2.75, 3.05) is 13.7 Å². The number of carbonyl (C=O) groups excluding carboxylic acids is 2. The highest BCUT2D eigenvalue weighted by Gasteiger charge is 2.11. The van der Waals surface area contributed by atoms with Gasteiger partial charge in [0.2, 0.25) is 0 Å². The number of carboxylic acid groups (broad SMARTS) is 1. The van der Waals surface area contributed by atoms with Gasteiger partial charge in [-0.05, 0) is 26.2 Å². The predicted octanol–water partition coefficient (Wildman–Crippen LogP) is 4.70. The highest BCUT2D eigenvalue weighted by Crippen LogP contribution is 2.20. The van der Waals surface area contributed by atoms with Crippen LogP contribution >= 0.6 is 0 Å². The first-order valence-corrected chi connectivity index (χ1v) is 9.04. The summed E-state index contributed by atoms with van der Waals surface area (Å²) in [5, 5.41) is 8.65. The lowest BCUT2D eigenvalue weighted by Gasteiger charge is -2.13. The molecule has 0 aliphatic heterocycles. The van der Waals surface area contributed by atoms with Crippen molar-refractivity contribution in [3.8, 4) is 0 Å². The van der Waals surface area contributed by atoms with Crippen LogP contribution in [0.5, 0.6) is 0 Å². The Morgan fingerprint density at radius 1 is 1.15 bits per heavy atom. The van der Waals surface area contributed by atoms with Crippen molar-refractivity contribution in [3.05, 3.63) is 37.0 Å². The number of esters is 2. The van der Waals surface area contributed by atoms with Crippen molar-refractivity contribution in [1.29, 1.82) is 0 Å². The van der Waals surface area contributed by atoms with Crippen molar-refractivity contribution < 1.29 is 29.0 Å². The van der Waals surface area contributed by atoms with E-state index in [0.717, 1.165) is 18.9 Å². The standard InChI is InChI=1S/C11H20O2.2C5H8O2/c1-4-6-7-10(5-2)8-9(3)11(12)13;1-4(2)5(6)7-3;1-3-5(6)7-4-2/h10H,3-8H2,1-2H3,(H,12,13);1H2,2-3H3;3H,1,4H2,2H3. The van der Waals surface area contributed by atoms with Gasteiger partial charge in [0.25, 0.3) is 0 Å². The average Bonchev–Trinajstić information content (AvgIpc) is 2.65. The Balaban J connectivity index is -0.000000350. The van der Waals surface area contributed by atoms with Gasteiger partial charge < -0.3 is 14.6 Å². The average molecular weight is 385 g/mol. The number of hydrogen-bond donors (Lipinski definition) is 1. The predicted molar refractivity (Wildman–Crippen MR) is 108 cm³/mol. The van der Waals surface area contributed by atoms with Crippen LogP contribution < -0.4 is 0 Å². The molecule has 0 aliphatic carbocycles. The molecule has 0 spiro atoms. The lowest BCUT2D eigenvalue weighted by atomic mass is 9.92. The normalized spacial score (nSPS) is 9.96. The monoisotopic (exact) mass is 384 g/mol. The van der Waals surface area contributed by atoms with E-state index >= 15 is 0 Å². The summed E-state index contributed by atoms with van der Waals surface area (Å²) >= 11 is 0. The molecule has 1 N–H and O–H groups in total. The second-order valence-electron chi connectivity index (χ2n) is 5.76. The van der Waals surface area contributed by atoms with E-state index in [1.54, 1.807) is 13.8 Å². The van der Waals surface area contributed by atoms with Gasteiger partial charge in [-0.15, -0.1) is 0 Å². The molecule has 1 atom stereocenters. The van der Waals surface area contributed by atoms with Crippen molar-refractivity contribution in [1.82, 2.24) is 0 Å². The van der Waals surface area contributed by atoms with Crippen molar-refractivity contribution in [2.45, 2.75) is 59.8 Å². The van der Waals surface area contributed by atoms with Gasteiger partial charge in [0.05, 0.1) is 13.7 Å². The Labute approximate surface area is 163 Å². The van der Waals surface area contributed by atoms with E-state index in [-0.39, 0.29) is 11.9 Å². The molecule has 0 rings (SSSR count). The first-order chi connectivity index (χ1) is 12.6. The highest BCUT2D eigenvalue weighted by molar-refractivity contribution is 5.86. The molecular weight excluding hydrogens is 348 g/mol. The molecule has 0 saturated carbocycles. The van der Waals surface area contributed by atoms with E-state index < -0.39 is 5.97 Å². The minimum Gasteiger partial charge on any atom is -0.478 e. The van der Waals surface area contributed by atoms with E-state index in [4.69, 9.17) is 5.11 Å². The van der Waals surface area contributed by atoms with Crippen LogP contribution in [0.4, 0.5) is 0 Å². The fraction of sp³-hybridized carbons (Fsp3) is 0.571. The first-order valence-electron chi connectivity index (χ1n) is 9.04. The van der Waals surface area contributed by atoms with Crippen LogP contribution in [0.2, 0.25) is 0 Å². The zero-order valence-corrected chi connectivity index (χ0v) is 17.5. The van der Waals surface area contributed by atoms with Gasteiger partial charge in [-0.25, -0.2) is 14.4 Å². The van der Waals surface area contributed by atoms with Gasteiger partial charge in [-0.3, -0.25) is 0 Å². The molecule has 156 valence electrons. The van der Waals surface area contributed by atoms with Crippen LogP contribution in [-0.2, 0) is 23.9 Å². The Morgan fingerprint density at radius 3 is 1.93 bits per heavy atom. The largest absolute Gasteiger partial charge is 0.478 e. The molecular formula is C21H36O6. The van der Waals surface area contributed by atoms with Gasteiger partial charge in [-0.2, -0.15) is 0 Å². The second kappa shape index (κ2) is 19.9. The third-order valence-electron chi connectivity index (χ3n) is 3.37. The smallest absolute Gasteiger partial charge is 0.332 e. The number of rotatable bonds is 10. The summed E-state index contributed by atoms with van der Waals surface area (Å²) in [6.45, 7) is 18.1. The Bertz CT molecular complexity index is 477. The van der Waals surface area contributed by atoms with E-state index in [9.17, 15) is 14.4 Å². The van der Waals surface area contributed by atoms with Crippen LogP contribution in [0.1, 0.15) is 59.8 Å². The van der Waals surface area contributed by atoms with Crippen molar-refractivity contribution in [3.63, 3.8) is 0 Å². The fourth-order valence-corrected chi connectivity index (χ4v) is 1.75. The molecule has 0 radical (unpaired) electrons. The number of ether oxygens (including phenoxy) is 2. The minimum absolute atomic E-state index is 0.347. The van der Waals surface area contributed by atoms with Gasteiger partial charge in [0.15, 0.2) is 0 Å². The lowest BCUT2D eigenvalue weighted by molar-refractivity contribution is -0.137. The molecule has 0 bridgehead atoms. The second-order valence-corrected chi connectivity index (χ2v) is 5.76. The number of unbranched alkanes of at least 4 members (excludes halogenated alkanes) is 1. The number of methoxy groups -OCH3 is 1.